The Kier molecular flexibility index (Phi) is 8.87. The number of halogens is 3. The Morgan fingerprint density at radius 3 is 2.62 bits per heavy atom. The molecule has 3 aromatic rings. The number of amides is 1. The van der Waals surface area contributed by atoms with E-state index in [9.17, 15) is 4.79 Å². The van der Waals surface area contributed by atoms with Crippen molar-refractivity contribution >= 4 is 69.4 Å². The summed E-state index contributed by atoms with van der Waals surface area (Å²) >= 11 is 19.6. The summed E-state index contributed by atoms with van der Waals surface area (Å²) in [5.74, 6) is 0.906. The maximum absolute atomic E-state index is 12.7. The molecule has 0 saturated carbocycles. The van der Waals surface area contributed by atoms with Gasteiger partial charge in [-0.3, -0.25) is 4.79 Å². The first-order chi connectivity index (χ1) is 17.8. The van der Waals surface area contributed by atoms with Crippen LogP contribution < -0.4 is 14.8 Å². The number of methoxy groups -OCH3 is 1. The lowest BCUT2D eigenvalue weighted by Crippen LogP contribution is -2.19. The van der Waals surface area contributed by atoms with Gasteiger partial charge in [-0.1, -0.05) is 53.0 Å². The number of amidine groups is 1. The standard InChI is InChI=1S/C28H23Cl3N2O3S/c1-4-6-19-11-18(13-24(35-3)26(19)36-15-17-9-10-21(30)22(31)12-17)14-25-27(34)33-28(37-25)32-23-8-5-7-20(29)16(23)2/h4-5,7-14H,1,6,15H2,2-3H3,(H,32,33,34)/b25-14+. The number of allylic oxidation sites excluding steroid dienone is 1. The van der Waals surface area contributed by atoms with Gasteiger partial charge >= 0.3 is 0 Å². The molecule has 9 heteroatoms. The number of hydrogen-bond donors (Lipinski definition) is 1. The van der Waals surface area contributed by atoms with Gasteiger partial charge in [0.2, 0.25) is 0 Å². The molecule has 1 aliphatic rings. The zero-order chi connectivity index (χ0) is 26.5. The molecule has 1 aliphatic heterocycles. The fourth-order valence-corrected chi connectivity index (χ4v) is 4.96. The van der Waals surface area contributed by atoms with Gasteiger partial charge in [-0.25, -0.2) is 4.99 Å². The molecule has 1 fully saturated rings. The van der Waals surface area contributed by atoms with Crippen LogP contribution in [0.1, 0.15) is 22.3 Å². The van der Waals surface area contributed by atoms with Crippen LogP contribution in [0.5, 0.6) is 11.5 Å². The highest BCUT2D eigenvalue weighted by Crippen LogP contribution is 2.37. The van der Waals surface area contributed by atoms with Crippen molar-refractivity contribution in [3.05, 3.63) is 103 Å². The van der Waals surface area contributed by atoms with Crippen molar-refractivity contribution < 1.29 is 14.3 Å². The molecule has 3 aromatic carbocycles. The van der Waals surface area contributed by atoms with Gasteiger partial charge in [-0.05, 0) is 84.3 Å². The molecule has 0 radical (unpaired) electrons. The highest BCUT2D eigenvalue weighted by Gasteiger charge is 2.24. The van der Waals surface area contributed by atoms with Gasteiger partial charge in [0.15, 0.2) is 16.7 Å². The molecule has 37 heavy (non-hydrogen) atoms. The molecule has 0 bridgehead atoms. The average molecular weight is 574 g/mol. The summed E-state index contributed by atoms with van der Waals surface area (Å²) in [6.07, 6.45) is 4.13. The predicted molar refractivity (Wildman–Crippen MR) is 155 cm³/mol. The number of benzene rings is 3. The topological polar surface area (TPSA) is 59.9 Å². The van der Waals surface area contributed by atoms with Gasteiger partial charge < -0.3 is 14.8 Å². The lowest BCUT2D eigenvalue weighted by molar-refractivity contribution is -0.115. The Balaban J connectivity index is 1.61. The van der Waals surface area contributed by atoms with E-state index in [0.717, 1.165) is 22.3 Å². The monoisotopic (exact) mass is 572 g/mol. The number of thioether (sulfide) groups is 1. The second kappa shape index (κ2) is 12.1. The minimum atomic E-state index is -0.229. The summed E-state index contributed by atoms with van der Waals surface area (Å²) in [5, 5.41) is 4.87. The molecule has 190 valence electrons. The summed E-state index contributed by atoms with van der Waals surface area (Å²) in [4.78, 5) is 17.8. The minimum absolute atomic E-state index is 0.229. The molecule has 0 unspecified atom stereocenters. The van der Waals surface area contributed by atoms with E-state index in [1.807, 2.05) is 37.3 Å². The van der Waals surface area contributed by atoms with E-state index in [1.54, 1.807) is 37.5 Å². The summed E-state index contributed by atoms with van der Waals surface area (Å²) in [5.41, 5.74) is 4.07. The van der Waals surface area contributed by atoms with Crippen LogP contribution in [0.2, 0.25) is 15.1 Å². The Hall–Kier alpha value is -2.90. The highest BCUT2D eigenvalue weighted by molar-refractivity contribution is 8.18. The van der Waals surface area contributed by atoms with Gasteiger partial charge in [0.05, 0.1) is 27.7 Å². The van der Waals surface area contributed by atoms with Crippen LogP contribution in [0, 0.1) is 6.92 Å². The van der Waals surface area contributed by atoms with Crippen molar-refractivity contribution in [1.82, 2.24) is 5.32 Å². The van der Waals surface area contributed by atoms with Gasteiger partial charge in [0, 0.05) is 10.6 Å². The van der Waals surface area contributed by atoms with Crippen LogP contribution in [0.25, 0.3) is 6.08 Å². The molecule has 0 aliphatic carbocycles. The lowest BCUT2D eigenvalue weighted by atomic mass is 10.0. The number of ether oxygens (including phenoxy) is 2. The summed E-state index contributed by atoms with van der Waals surface area (Å²) in [7, 11) is 1.57. The third-order valence-corrected chi connectivity index (χ3v) is 7.57. The van der Waals surface area contributed by atoms with Crippen molar-refractivity contribution in [2.75, 3.05) is 7.11 Å². The van der Waals surface area contributed by atoms with Crippen molar-refractivity contribution in [3.63, 3.8) is 0 Å². The number of carbonyl (C=O) groups is 1. The zero-order valence-electron chi connectivity index (χ0n) is 20.1. The van der Waals surface area contributed by atoms with Crippen molar-refractivity contribution in [2.24, 2.45) is 4.99 Å². The number of rotatable bonds is 8. The van der Waals surface area contributed by atoms with Gasteiger partial charge in [-0.2, -0.15) is 0 Å². The Morgan fingerprint density at radius 1 is 1.08 bits per heavy atom. The van der Waals surface area contributed by atoms with E-state index in [-0.39, 0.29) is 12.5 Å². The van der Waals surface area contributed by atoms with E-state index in [2.05, 4.69) is 16.9 Å². The fourth-order valence-electron chi connectivity index (χ4n) is 3.63. The molecular formula is C28H23Cl3N2O3S. The molecule has 1 N–H and O–H groups in total. The number of hydrogen-bond acceptors (Lipinski definition) is 5. The minimum Gasteiger partial charge on any atom is -0.493 e. The van der Waals surface area contributed by atoms with E-state index >= 15 is 0 Å². The van der Waals surface area contributed by atoms with Crippen LogP contribution in [0.15, 0.2) is 71.1 Å². The third-order valence-electron chi connectivity index (χ3n) is 5.52. The molecule has 0 spiro atoms. The van der Waals surface area contributed by atoms with Crippen LogP contribution in [0.4, 0.5) is 5.69 Å². The predicted octanol–water partition coefficient (Wildman–Crippen LogP) is 8.16. The number of nitrogens with zero attached hydrogens (tertiary/aromatic N) is 1. The molecular weight excluding hydrogens is 551 g/mol. The lowest BCUT2D eigenvalue weighted by Gasteiger charge is -2.16. The quantitative estimate of drug-likeness (QED) is 0.218. The second-order valence-electron chi connectivity index (χ2n) is 8.11. The number of nitrogens with one attached hydrogen (secondary N) is 1. The van der Waals surface area contributed by atoms with Crippen molar-refractivity contribution in [1.29, 1.82) is 0 Å². The molecule has 1 amide bonds. The van der Waals surface area contributed by atoms with Crippen LogP contribution in [-0.4, -0.2) is 18.2 Å². The Bertz CT molecular complexity index is 1440. The largest absolute Gasteiger partial charge is 0.493 e. The SMILES string of the molecule is C=CCc1cc(/C=C2/SC(=Nc3cccc(Cl)c3C)NC2=O)cc(OC)c1OCc1ccc(Cl)c(Cl)c1. The highest BCUT2D eigenvalue weighted by atomic mass is 35.5. The third kappa shape index (κ3) is 6.51. The van der Waals surface area contributed by atoms with Crippen molar-refractivity contribution in [2.45, 2.75) is 20.0 Å². The summed E-state index contributed by atoms with van der Waals surface area (Å²) in [6.45, 7) is 6.03. The molecule has 1 heterocycles. The zero-order valence-corrected chi connectivity index (χ0v) is 23.2. The number of aliphatic imine (C=N–C) groups is 1. The first kappa shape index (κ1) is 27.1. The summed E-state index contributed by atoms with van der Waals surface area (Å²) < 4.78 is 11.8. The van der Waals surface area contributed by atoms with Gasteiger partial charge in [0.25, 0.3) is 5.91 Å². The fraction of sp³-hybridized carbons (Fsp3) is 0.143. The van der Waals surface area contributed by atoms with Crippen LogP contribution in [0.3, 0.4) is 0 Å². The van der Waals surface area contributed by atoms with Crippen LogP contribution >= 0.6 is 46.6 Å². The molecule has 5 nitrogen and oxygen atoms in total. The normalized spacial score (nSPS) is 15.2. The Labute approximate surface area is 235 Å². The smallest absolute Gasteiger partial charge is 0.264 e. The van der Waals surface area contributed by atoms with E-state index in [4.69, 9.17) is 44.3 Å². The van der Waals surface area contributed by atoms with Crippen LogP contribution in [-0.2, 0) is 17.8 Å². The Morgan fingerprint density at radius 2 is 1.89 bits per heavy atom. The molecule has 4 rings (SSSR count). The van der Waals surface area contributed by atoms with E-state index in [1.165, 1.54) is 11.8 Å². The van der Waals surface area contributed by atoms with Gasteiger partial charge in [0.1, 0.15) is 6.61 Å². The summed E-state index contributed by atoms with van der Waals surface area (Å²) in [6, 6.07) is 14.6. The maximum atomic E-state index is 12.7. The first-order valence-electron chi connectivity index (χ1n) is 11.2. The molecule has 0 atom stereocenters. The second-order valence-corrected chi connectivity index (χ2v) is 10.4. The molecule has 1 saturated heterocycles. The number of carbonyl (C=O) groups excluding carboxylic acids is 1. The van der Waals surface area contributed by atoms with Gasteiger partial charge in [-0.15, -0.1) is 6.58 Å². The average Bonchev–Trinajstić information content (AvgIpc) is 3.21. The van der Waals surface area contributed by atoms with E-state index in [0.29, 0.717) is 48.7 Å². The molecule has 0 aromatic heterocycles. The van der Waals surface area contributed by atoms with Crippen molar-refractivity contribution in [3.8, 4) is 11.5 Å². The van der Waals surface area contributed by atoms with E-state index < -0.39 is 0 Å². The first-order valence-corrected chi connectivity index (χ1v) is 13.2. The maximum Gasteiger partial charge on any atom is 0.264 e.